The van der Waals surface area contributed by atoms with Crippen LogP contribution >= 0.6 is 11.8 Å². The third-order valence-electron chi connectivity index (χ3n) is 3.79. The van der Waals surface area contributed by atoms with Crippen LogP contribution in [0.1, 0.15) is 28.1 Å². The van der Waals surface area contributed by atoms with Crippen molar-refractivity contribution >= 4 is 23.5 Å². The number of ether oxygens (including phenoxy) is 1. The molecule has 0 N–H and O–H groups in total. The van der Waals surface area contributed by atoms with E-state index < -0.39 is 5.25 Å². The topological polar surface area (TPSA) is 43.4 Å². The van der Waals surface area contributed by atoms with Gasteiger partial charge in [-0.05, 0) is 48.9 Å². The largest absolute Gasteiger partial charge is 0.425 e. The van der Waals surface area contributed by atoms with Crippen LogP contribution in [-0.4, -0.2) is 11.8 Å². The minimum atomic E-state index is -0.480. The Morgan fingerprint density at radius 3 is 1.96 bits per heavy atom. The quantitative estimate of drug-likeness (QED) is 0.257. The number of rotatable bonds is 6. The summed E-state index contributed by atoms with van der Waals surface area (Å²) >= 11 is 1.45. The van der Waals surface area contributed by atoms with E-state index in [1.165, 1.54) is 18.7 Å². The molecule has 0 aromatic heterocycles. The van der Waals surface area contributed by atoms with Crippen LogP contribution in [-0.2, 0) is 4.79 Å². The molecule has 0 radical (unpaired) electrons. The van der Waals surface area contributed by atoms with E-state index in [9.17, 15) is 9.59 Å². The van der Waals surface area contributed by atoms with E-state index >= 15 is 0 Å². The van der Waals surface area contributed by atoms with Gasteiger partial charge in [0.25, 0.3) is 0 Å². The predicted molar refractivity (Wildman–Crippen MR) is 104 cm³/mol. The predicted octanol–water partition coefficient (Wildman–Crippen LogP) is 5.33. The standard InChI is InChI=1S/C22H18O3S/c1-16(23)17-12-14-19(15-13-17)25-22(24)21(18-8-4-2-5-9-18)26-20-10-6-3-7-11-20/h2-15,21H,1H3/t21-/m1/s1. The number of ketones is 1. The summed E-state index contributed by atoms with van der Waals surface area (Å²) in [7, 11) is 0. The summed E-state index contributed by atoms with van der Waals surface area (Å²) in [6, 6.07) is 25.9. The van der Waals surface area contributed by atoms with Gasteiger partial charge < -0.3 is 4.74 Å². The Morgan fingerprint density at radius 1 is 0.808 bits per heavy atom. The number of carbonyl (C=O) groups excluding carboxylic acids is 2. The van der Waals surface area contributed by atoms with Gasteiger partial charge in [0.15, 0.2) is 5.78 Å². The van der Waals surface area contributed by atoms with Crippen molar-refractivity contribution in [2.24, 2.45) is 0 Å². The molecule has 0 spiro atoms. The summed E-state index contributed by atoms with van der Waals surface area (Å²) in [5.41, 5.74) is 1.47. The van der Waals surface area contributed by atoms with Crippen LogP contribution in [0.3, 0.4) is 0 Å². The van der Waals surface area contributed by atoms with Crippen molar-refractivity contribution < 1.29 is 14.3 Å². The van der Waals surface area contributed by atoms with Crippen LogP contribution in [0.4, 0.5) is 0 Å². The molecule has 4 heteroatoms. The van der Waals surface area contributed by atoms with Crippen LogP contribution < -0.4 is 4.74 Å². The summed E-state index contributed by atoms with van der Waals surface area (Å²) in [6.07, 6.45) is 0. The fraction of sp³-hybridized carbons (Fsp3) is 0.0909. The van der Waals surface area contributed by atoms with Gasteiger partial charge in [0.2, 0.25) is 0 Å². The van der Waals surface area contributed by atoms with Gasteiger partial charge >= 0.3 is 5.97 Å². The molecular weight excluding hydrogens is 344 g/mol. The van der Waals surface area contributed by atoms with Crippen LogP contribution in [0.25, 0.3) is 0 Å². The van der Waals surface area contributed by atoms with Crippen molar-refractivity contribution in [3.63, 3.8) is 0 Å². The zero-order valence-electron chi connectivity index (χ0n) is 14.3. The molecule has 0 heterocycles. The summed E-state index contributed by atoms with van der Waals surface area (Å²) in [5, 5.41) is -0.480. The number of hydrogen-bond acceptors (Lipinski definition) is 4. The second kappa shape index (κ2) is 8.50. The van der Waals surface area contributed by atoms with Gasteiger partial charge in [0, 0.05) is 10.5 Å². The van der Waals surface area contributed by atoms with E-state index in [1.807, 2.05) is 60.7 Å². The van der Waals surface area contributed by atoms with Gasteiger partial charge in [-0.1, -0.05) is 48.5 Å². The van der Waals surface area contributed by atoms with Gasteiger partial charge in [0.1, 0.15) is 11.0 Å². The fourth-order valence-electron chi connectivity index (χ4n) is 2.44. The monoisotopic (exact) mass is 362 g/mol. The molecular formula is C22H18O3S. The Kier molecular flexibility index (Phi) is 5.87. The van der Waals surface area contributed by atoms with E-state index in [2.05, 4.69) is 0 Å². The molecule has 3 aromatic rings. The molecule has 0 amide bonds. The summed E-state index contributed by atoms with van der Waals surface area (Å²) < 4.78 is 5.57. The van der Waals surface area contributed by atoms with Gasteiger partial charge in [-0.25, -0.2) is 0 Å². The lowest BCUT2D eigenvalue weighted by Crippen LogP contribution is -2.16. The zero-order chi connectivity index (χ0) is 18.4. The molecule has 1 atom stereocenters. The van der Waals surface area contributed by atoms with E-state index in [1.54, 1.807) is 24.3 Å². The van der Waals surface area contributed by atoms with Crippen LogP contribution in [0, 0.1) is 0 Å². The maximum Gasteiger partial charge on any atom is 0.329 e. The average molecular weight is 362 g/mol. The summed E-state index contributed by atoms with van der Waals surface area (Å²) in [5.74, 6) is 0.0555. The first-order chi connectivity index (χ1) is 12.6. The highest BCUT2D eigenvalue weighted by Crippen LogP contribution is 2.36. The number of esters is 1. The van der Waals surface area contributed by atoms with Crippen LogP contribution in [0.5, 0.6) is 5.75 Å². The normalized spacial score (nSPS) is 11.6. The molecule has 3 nitrogen and oxygen atoms in total. The molecule has 0 saturated heterocycles. The Labute approximate surface area is 157 Å². The summed E-state index contributed by atoms with van der Waals surface area (Å²) in [6.45, 7) is 1.50. The lowest BCUT2D eigenvalue weighted by molar-refractivity contribution is -0.133. The van der Waals surface area contributed by atoms with E-state index in [4.69, 9.17) is 4.74 Å². The molecule has 0 saturated carbocycles. The van der Waals surface area contributed by atoms with Crippen LogP contribution in [0.2, 0.25) is 0 Å². The minimum Gasteiger partial charge on any atom is -0.425 e. The highest BCUT2D eigenvalue weighted by molar-refractivity contribution is 8.00. The summed E-state index contributed by atoms with van der Waals surface area (Å²) in [4.78, 5) is 25.2. The maximum atomic E-state index is 12.8. The molecule has 3 aromatic carbocycles. The first-order valence-corrected chi connectivity index (χ1v) is 9.11. The van der Waals surface area contributed by atoms with Crippen molar-refractivity contribution in [1.29, 1.82) is 0 Å². The Balaban J connectivity index is 1.81. The molecule has 130 valence electrons. The first-order valence-electron chi connectivity index (χ1n) is 8.23. The number of hydrogen-bond donors (Lipinski definition) is 0. The van der Waals surface area contributed by atoms with Crippen molar-refractivity contribution in [3.8, 4) is 5.75 Å². The second-order valence-corrected chi connectivity index (χ2v) is 6.90. The fourth-order valence-corrected chi connectivity index (χ4v) is 3.47. The van der Waals surface area contributed by atoms with Gasteiger partial charge in [0.05, 0.1) is 0 Å². The first kappa shape index (κ1) is 18.0. The Hall–Kier alpha value is -2.85. The number of Topliss-reactive ketones (excluding diaryl/α,β-unsaturated/α-hetero) is 1. The van der Waals surface area contributed by atoms with Gasteiger partial charge in [-0.2, -0.15) is 0 Å². The molecule has 3 rings (SSSR count). The van der Waals surface area contributed by atoms with E-state index in [0.717, 1.165) is 10.5 Å². The Morgan fingerprint density at radius 2 is 1.38 bits per heavy atom. The SMILES string of the molecule is CC(=O)c1ccc(OC(=O)[C@H](Sc2ccccc2)c2ccccc2)cc1. The maximum absolute atomic E-state index is 12.8. The molecule has 0 aliphatic heterocycles. The van der Waals surface area contributed by atoms with Gasteiger partial charge in [-0.15, -0.1) is 11.8 Å². The number of benzene rings is 3. The van der Waals surface area contributed by atoms with Crippen molar-refractivity contribution in [2.45, 2.75) is 17.1 Å². The average Bonchev–Trinajstić information content (AvgIpc) is 2.68. The number of carbonyl (C=O) groups is 2. The lowest BCUT2D eigenvalue weighted by Gasteiger charge is -2.16. The molecule has 0 fully saturated rings. The van der Waals surface area contributed by atoms with Gasteiger partial charge in [-0.3, -0.25) is 9.59 Å². The third kappa shape index (κ3) is 4.61. The minimum absolute atomic E-state index is 0.0235. The van der Waals surface area contributed by atoms with Crippen molar-refractivity contribution in [3.05, 3.63) is 96.1 Å². The van der Waals surface area contributed by atoms with Crippen molar-refractivity contribution in [1.82, 2.24) is 0 Å². The zero-order valence-corrected chi connectivity index (χ0v) is 15.1. The van der Waals surface area contributed by atoms with E-state index in [0.29, 0.717) is 11.3 Å². The highest BCUT2D eigenvalue weighted by atomic mass is 32.2. The molecule has 0 bridgehead atoms. The molecule has 26 heavy (non-hydrogen) atoms. The molecule has 0 unspecified atom stereocenters. The number of thioether (sulfide) groups is 1. The van der Waals surface area contributed by atoms with Crippen LogP contribution in [0.15, 0.2) is 89.8 Å². The molecule has 0 aliphatic rings. The van der Waals surface area contributed by atoms with E-state index in [-0.39, 0.29) is 11.8 Å². The lowest BCUT2D eigenvalue weighted by atomic mass is 10.1. The molecule has 0 aliphatic carbocycles. The second-order valence-electron chi connectivity index (χ2n) is 5.72. The third-order valence-corrected chi connectivity index (χ3v) is 5.04. The highest BCUT2D eigenvalue weighted by Gasteiger charge is 2.24. The Bertz CT molecular complexity index is 874. The smallest absolute Gasteiger partial charge is 0.329 e. The van der Waals surface area contributed by atoms with Crippen molar-refractivity contribution in [2.75, 3.05) is 0 Å².